The maximum atomic E-state index is 11.0. The third-order valence-electron chi connectivity index (χ3n) is 3.77. The van der Waals surface area contributed by atoms with Crippen LogP contribution in [0.15, 0.2) is 48.5 Å². The van der Waals surface area contributed by atoms with E-state index in [2.05, 4.69) is 12.1 Å². The molecule has 0 aliphatic heterocycles. The zero-order valence-electron chi connectivity index (χ0n) is 11.1. The zero-order valence-corrected chi connectivity index (χ0v) is 11.1. The average Bonchev–Trinajstić information content (AvgIpc) is 2.77. The lowest BCUT2D eigenvalue weighted by molar-refractivity contribution is 0.0451. The molecule has 0 spiro atoms. The first kappa shape index (κ1) is 12.2. The summed E-state index contributed by atoms with van der Waals surface area (Å²) < 4.78 is 5.65. The predicted octanol–water partition coefficient (Wildman–Crippen LogP) is 3.07. The molecule has 2 aromatic rings. The van der Waals surface area contributed by atoms with Gasteiger partial charge in [0.15, 0.2) is 0 Å². The fourth-order valence-electron chi connectivity index (χ4n) is 2.92. The van der Waals surface area contributed by atoms with Gasteiger partial charge in [0, 0.05) is 18.4 Å². The highest BCUT2D eigenvalue weighted by molar-refractivity contribution is 5.45. The monoisotopic (exact) mass is 254 g/mol. The van der Waals surface area contributed by atoms with Gasteiger partial charge in [-0.05, 0) is 24.1 Å². The number of ether oxygens (including phenoxy) is 1. The molecular formula is C17H18O2. The molecule has 1 aliphatic rings. The van der Waals surface area contributed by atoms with Crippen molar-refractivity contribution in [2.45, 2.75) is 25.4 Å². The van der Waals surface area contributed by atoms with Gasteiger partial charge in [0.25, 0.3) is 0 Å². The number of hydrogen-bond donors (Lipinski definition) is 1. The second kappa shape index (κ2) is 4.71. The Labute approximate surface area is 113 Å². The Bertz CT molecular complexity index is 564. The van der Waals surface area contributed by atoms with Crippen molar-refractivity contribution in [1.82, 2.24) is 0 Å². The summed E-state index contributed by atoms with van der Waals surface area (Å²) in [5, 5.41) is 11.0. The van der Waals surface area contributed by atoms with Crippen LogP contribution in [0.25, 0.3) is 0 Å². The summed E-state index contributed by atoms with van der Waals surface area (Å²) in [5.74, 6) is 0.792. The lowest BCUT2D eigenvalue weighted by atomic mass is 9.90. The molecule has 3 rings (SSSR count). The molecule has 1 aliphatic carbocycles. The number of rotatable bonds is 3. The van der Waals surface area contributed by atoms with Gasteiger partial charge in [-0.2, -0.15) is 0 Å². The van der Waals surface area contributed by atoms with E-state index >= 15 is 0 Å². The summed E-state index contributed by atoms with van der Waals surface area (Å²) in [6.07, 6.45) is 1.32. The van der Waals surface area contributed by atoms with Crippen LogP contribution in [0.2, 0.25) is 0 Å². The van der Waals surface area contributed by atoms with Gasteiger partial charge >= 0.3 is 0 Å². The van der Waals surface area contributed by atoms with Gasteiger partial charge in [0.1, 0.15) is 11.4 Å². The minimum atomic E-state index is -0.838. The topological polar surface area (TPSA) is 29.5 Å². The van der Waals surface area contributed by atoms with Crippen molar-refractivity contribution in [2.24, 2.45) is 0 Å². The Morgan fingerprint density at radius 3 is 2.21 bits per heavy atom. The van der Waals surface area contributed by atoms with Crippen molar-refractivity contribution in [3.05, 3.63) is 65.2 Å². The highest BCUT2D eigenvalue weighted by Crippen LogP contribution is 2.41. The summed E-state index contributed by atoms with van der Waals surface area (Å²) in [7, 11) is 0. The molecule has 1 N–H and O–H groups in total. The van der Waals surface area contributed by atoms with E-state index in [0.717, 1.165) is 11.3 Å². The number of aliphatic hydroxyl groups is 1. The first-order valence-corrected chi connectivity index (χ1v) is 6.74. The molecule has 0 unspecified atom stereocenters. The third kappa shape index (κ3) is 2.13. The van der Waals surface area contributed by atoms with Gasteiger partial charge < -0.3 is 9.84 Å². The van der Waals surface area contributed by atoms with Gasteiger partial charge in [-0.25, -0.2) is 0 Å². The second-order valence-corrected chi connectivity index (χ2v) is 5.08. The normalized spacial score (nSPS) is 16.1. The van der Waals surface area contributed by atoms with Crippen molar-refractivity contribution < 1.29 is 9.84 Å². The number of benzene rings is 2. The largest absolute Gasteiger partial charge is 0.493 e. The van der Waals surface area contributed by atoms with E-state index in [4.69, 9.17) is 4.74 Å². The Hall–Kier alpha value is -1.80. The molecule has 0 saturated heterocycles. The van der Waals surface area contributed by atoms with Crippen LogP contribution in [-0.4, -0.2) is 11.7 Å². The highest BCUT2D eigenvalue weighted by Gasteiger charge is 2.38. The van der Waals surface area contributed by atoms with E-state index in [1.165, 1.54) is 11.1 Å². The van der Waals surface area contributed by atoms with Crippen LogP contribution in [-0.2, 0) is 18.4 Å². The van der Waals surface area contributed by atoms with Crippen molar-refractivity contribution >= 4 is 0 Å². The van der Waals surface area contributed by atoms with Gasteiger partial charge in [0.2, 0.25) is 0 Å². The lowest BCUT2D eigenvalue weighted by Crippen LogP contribution is -2.27. The van der Waals surface area contributed by atoms with Crippen LogP contribution in [0.5, 0.6) is 5.75 Å². The van der Waals surface area contributed by atoms with Crippen molar-refractivity contribution in [2.75, 3.05) is 6.61 Å². The smallest absolute Gasteiger partial charge is 0.125 e. The Kier molecular flexibility index (Phi) is 3.03. The minimum absolute atomic E-state index is 0.611. The molecule has 2 heteroatoms. The molecule has 0 aromatic heterocycles. The maximum Gasteiger partial charge on any atom is 0.125 e. The first-order chi connectivity index (χ1) is 9.23. The Morgan fingerprint density at radius 1 is 1.00 bits per heavy atom. The molecule has 98 valence electrons. The number of hydrogen-bond acceptors (Lipinski definition) is 2. The minimum Gasteiger partial charge on any atom is -0.493 e. The highest BCUT2D eigenvalue weighted by atomic mass is 16.5. The first-order valence-electron chi connectivity index (χ1n) is 6.74. The molecule has 0 fully saturated rings. The van der Waals surface area contributed by atoms with Crippen LogP contribution in [0.1, 0.15) is 23.6 Å². The molecule has 0 saturated carbocycles. The summed E-state index contributed by atoms with van der Waals surface area (Å²) in [6, 6.07) is 16.0. The molecule has 2 nitrogen and oxygen atoms in total. The summed E-state index contributed by atoms with van der Waals surface area (Å²) in [5.41, 5.74) is 2.52. The van der Waals surface area contributed by atoms with E-state index in [-0.39, 0.29) is 0 Å². The summed E-state index contributed by atoms with van der Waals surface area (Å²) >= 11 is 0. The summed E-state index contributed by atoms with van der Waals surface area (Å²) in [6.45, 7) is 2.57. The van der Waals surface area contributed by atoms with E-state index < -0.39 is 5.60 Å². The van der Waals surface area contributed by atoms with Crippen LogP contribution in [0.3, 0.4) is 0 Å². The quantitative estimate of drug-likeness (QED) is 0.912. The van der Waals surface area contributed by atoms with E-state index in [1.54, 1.807) is 0 Å². The molecular weight excluding hydrogens is 236 g/mol. The van der Waals surface area contributed by atoms with Gasteiger partial charge in [-0.3, -0.25) is 0 Å². The van der Waals surface area contributed by atoms with Gasteiger partial charge in [-0.1, -0.05) is 42.5 Å². The van der Waals surface area contributed by atoms with E-state index in [0.29, 0.717) is 19.4 Å². The fraction of sp³-hybridized carbons (Fsp3) is 0.294. The molecule has 0 bridgehead atoms. The molecule has 19 heavy (non-hydrogen) atoms. The standard InChI is InChI=1S/C17H18O2/c1-2-19-16-10-6-5-9-15(16)17(18)11-13-7-3-4-8-14(13)12-17/h3-10,18H,2,11-12H2,1H3. The third-order valence-corrected chi connectivity index (χ3v) is 3.77. The Morgan fingerprint density at radius 2 is 1.58 bits per heavy atom. The van der Waals surface area contributed by atoms with Gasteiger partial charge in [-0.15, -0.1) is 0 Å². The van der Waals surface area contributed by atoms with Crippen LogP contribution in [0, 0.1) is 0 Å². The van der Waals surface area contributed by atoms with E-state index in [9.17, 15) is 5.11 Å². The molecule has 0 heterocycles. The Balaban J connectivity index is 2.00. The SMILES string of the molecule is CCOc1ccccc1C1(O)Cc2ccccc2C1. The molecule has 0 atom stereocenters. The van der Waals surface area contributed by atoms with Crippen LogP contribution in [0.4, 0.5) is 0 Å². The lowest BCUT2D eigenvalue weighted by Gasteiger charge is -2.25. The molecule has 0 amide bonds. The van der Waals surface area contributed by atoms with E-state index in [1.807, 2.05) is 43.3 Å². The molecule has 0 radical (unpaired) electrons. The number of para-hydroxylation sites is 1. The average molecular weight is 254 g/mol. The van der Waals surface area contributed by atoms with Crippen molar-refractivity contribution in [1.29, 1.82) is 0 Å². The zero-order chi connectivity index (χ0) is 13.3. The molecule has 2 aromatic carbocycles. The second-order valence-electron chi connectivity index (χ2n) is 5.08. The van der Waals surface area contributed by atoms with Crippen LogP contribution >= 0.6 is 0 Å². The van der Waals surface area contributed by atoms with Gasteiger partial charge in [0.05, 0.1) is 6.61 Å². The van der Waals surface area contributed by atoms with Crippen LogP contribution < -0.4 is 4.74 Å². The number of fused-ring (bicyclic) bond motifs is 1. The predicted molar refractivity (Wildman–Crippen MR) is 75.4 cm³/mol. The maximum absolute atomic E-state index is 11.0. The fourth-order valence-corrected chi connectivity index (χ4v) is 2.92. The van der Waals surface area contributed by atoms with Crippen molar-refractivity contribution in [3.8, 4) is 5.75 Å². The summed E-state index contributed by atoms with van der Waals surface area (Å²) in [4.78, 5) is 0. The van der Waals surface area contributed by atoms with Crippen molar-refractivity contribution in [3.63, 3.8) is 0 Å².